The number of hydrogen-bond donors (Lipinski definition) is 2. The van der Waals surface area contributed by atoms with Crippen molar-refractivity contribution >= 4 is 11.9 Å². The van der Waals surface area contributed by atoms with Gasteiger partial charge in [0.1, 0.15) is 0 Å². The molecule has 0 bridgehead atoms. The second-order valence-corrected chi connectivity index (χ2v) is 4.36. The summed E-state index contributed by atoms with van der Waals surface area (Å²) in [4.78, 5) is 26.1. The summed E-state index contributed by atoms with van der Waals surface area (Å²) in [6.45, 7) is 4.49. The van der Waals surface area contributed by atoms with Gasteiger partial charge in [-0.05, 0) is 12.8 Å². The van der Waals surface area contributed by atoms with Crippen molar-refractivity contribution in [2.75, 3.05) is 32.7 Å². The Balaban J connectivity index is 2.47. The highest BCUT2D eigenvalue weighted by atomic mass is 16.4. The molecule has 0 spiro atoms. The van der Waals surface area contributed by atoms with Crippen LogP contribution in [0.5, 0.6) is 0 Å². The number of nitrogens with zero attached hydrogens (tertiary/aromatic N) is 2. The van der Waals surface area contributed by atoms with Gasteiger partial charge in [0.05, 0.1) is 12.6 Å². The molecule has 98 valence electrons. The first kappa shape index (κ1) is 13.9. The number of carbonyl (C=O) groups excluding carboxylic acids is 1. The number of amides is 1. The van der Waals surface area contributed by atoms with Crippen LogP contribution in [-0.2, 0) is 9.59 Å². The molecule has 0 saturated carbocycles. The van der Waals surface area contributed by atoms with E-state index < -0.39 is 12.0 Å². The summed E-state index contributed by atoms with van der Waals surface area (Å²) in [5, 5.41) is 8.72. The van der Waals surface area contributed by atoms with Crippen LogP contribution in [-0.4, -0.2) is 65.5 Å². The van der Waals surface area contributed by atoms with Crippen molar-refractivity contribution in [3.05, 3.63) is 0 Å². The van der Waals surface area contributed by atoms with Gasteiger partial charge in [0, 0.05) is 26.2 Å². The molecule has 0 radical (unpaired) electrons. The minimum absolute atomic E-state index is 0.0234. The largest absolute Gasteiger partial charge is 0.480 e. The Morgan fingerprint density at radius 3 is 2.59 bits per heavy atom. The maximum Gasteiger partial charge on any atom is 0.317 e. The molecule has 0 aromatic heterocycles. The Bertz CT molecular complexity index is 283. The highest BCUT2D eigenvalue weighted by Crippen LogP contribution is 2.05. The third-order valence-electron chi connectivity index (χ3n) is 3.02. The molecule has 6 nitrogen and oxygen atoms in total. The zero-order chi connectivity index (χ0) is 12.8. The van der Waals surface area contributed by atoms with E-state index in [1.54, 1.807) is 4.90 Å². The number of carboxylic acid groups (broad SMARTS) is 1. The van der Waals surface area contributed by atoms with Crippen molar-refractivity contribution < 1.29 is 14.7 Å². The predicted molar refractivity (Wildman–Crippen MR) is 63.5 cm³/mol. The van der Waals surface area contributed by atoms with Gasteiger partial charge in [0.2, 0.25) is 5.91 Å². The zero-order valence-electron chi connectivity index (χ0n) is 10.3. The van der Waals surface area contributed by atoms with Gasteiger partial charge in [-0.2, -0.15) is 0 Å². The maximum atomic E-state index is 11.9. The zero-order valence-corrected chi connectivity index (χ0v) is 10.3. The molecule has 1 rings (SSSR count). The molecule has 1 heterocycles. The van der Waals surface area contributed by atoms with Crippen molar-refractivity contribution in [3.8, 4) is 0 Å². The molecule has 1 unspecified atom stereocenters. The number of carbonyl (C=O) groups is 2. The van der Waals surface area contributed by atoms with Gasteiger partial charge in [-0.15, -0.1) is 0 Å². The molecular weight excluding hydrogens is 222 g/mol. The average molecular weight is 243 g/mol. The van der Waals surface area contributed by atoms with Crippen LogP contribution in [0.15, 0.2) is 0 Å². The van der Waals surface area contributed by atoms with E-state index in [4.69, 9.17) is 10.8 Å². The van der Waals surface area contributed by atoms with E-state index in [-0.39, 0.29) is 12.5 Å². The topological polar surface area (TPSA) is 86.9 Å². The maximum absolute atomic E-state index is 11.9. The van der Waals surface area contributed by atoms with E-state index in [0.717, 1.165) is 13.0 Å². The summed E-state index contributed by atoms with van der Waals surface area (Å²) in [5.41, 5.74) is 5.71. The first-order valence-corrected chi connectivity index (χ1v) is 6.03. The summed E-state index contributed by atoms with van der Waals surface area (Å²) >= 11 is 0. The Hall–Kier alpha value is -1.14. The average Bonchev–Trinajstić information content (AvgIpc) is 2.52. The van der Waals surface area contributed by atoms with E-state index in [1.807, 2.05) is 11.8 Å². The molecule has 1 aliphatic heterocycles. The monoisotopic (exact) mass is 243 g/mol. The van der Waals surface area contributed by atoms with Gasteiger partial charge < -0.3 is 15.7 Å². The van der Waals surface area contributed by atoms with E-state index >= 15 is 0 Å². The number of carboxylic acids is 1. The van der Waals surface area contributed by atoms with Crippen LogP contribution >= 0.6 is 0 Å². The fourth-order valence-electron chi connectivity index (χ4n) is 1.95. The van der Waals surface area contributed by atoms with Gasteiger partial charge in [0.25, 0.3) is 0 Å². The van der Waals surface area contributed by atoms with Crippen molar-refractivity contribution in [3.63, 3.8) is 0 Å². The molecule has 1 atom stereocenters. The fourth-order valence-corrected chi connectivity index (χ4v) is 1.95. The molecule has 1 fully saturated rings. The quantitative estimate of drug-likeness (QED) is 0.684. The Kier molecular flexibility index (Phi) is 5.37. The van der Waals surface area contributed by atoms with Crippen LogP contribution in [0, 0.1) is 0 Å². The minimum atomic E-state index is -0.824. The van der Waals surface area contributed by atoms with Gasteiger partial charge >= 0.3 is 5.97 Å². The van der Waals surface area contributed by atoms with Crippen molar-refractivity contribution in [2.24, 2.45) is 5.73 Å². The lowest BCUT2D eigenvalue weighted by Gasteiger charge is -2.23. The van der Waals surface area contributed by atoms with Crippen molar-refractivity contribution in [1.29, 1.82) is 0 Å². The van der Waals surface area contributed by atoms with Crippen LogP contribution in [0.25, 0.3) is 0 Å². The standard InChI is InChI=1S/C11H21N3O3/c1-2-9(12)11(17)14-5-3-4-13(6-7-14)8-10(15)16/h9H,2-8,12H2,1H3,(H,15,16). The minimum Gasteiger partial charge on any atom is -0.480 e. The number of nitrogens with two attached hydrogens (primary N) is 1. The number of rotatable bonds is 4. The van der Waals surface area contributed by atoms with E-state index in [2.05, 4.69) is 0 Å². The van der Waals surface area contributed by atoms with Crippen LogP contribution in [0.4, 0.5) is 0 Å². The summed E-state index contributed by atoms with van der Waals surface area (Å²) < 4.78 is 0. The molecule has 17 heavy (non-hydrogen) atoms. The second kappa shape index (κ2) is 6.56. The normalized spacial score (nSPS) is 19.8. The molecule has 0 aromatic carbocycles. The van der Waals surface area contributed by atoms with E-state index in [9.17, 15) is 9.59 Å². The smallest absolute Gasteiger partial charge is 0.317 e. The van der Waals surface area contributed by atoms with Gasteiger partial charge in [-0.1, -0.05) is 6.92 Å². The molecular formula is C11H21N3O3. The molecule has 1 saturated heterocycles. The van der Waals surface area contributed by atoms with Gasteiger partial charge in [-0.3, -0.25) is 14.5 Å². The van der Waals surface area contributed by atoms with Crippen LogP contribution < -0.4 is 5.73 Å². The lowest BCUT2D eigenvalue weighted by molar-refractivity contribution is -0.138. The molecule has 6 heteroatoms. The van der Waals surface area contributed by atoms with Crippen LogP contribution in [0.3, 0.4) is 0 Å². The third kappa shape index (κ3) is 4.32. The molecule has 1 amide bonds. The Labute approximate surface area is 101 Å². The summed E-state index contributed by atoms with van der Waals surface area (Å²) in [5.74, 6) is -0.847. The number of hydrogen-bond acceptors (Lipinski definition) is 4. The summed E-state index contributed by atoms with van der Waals surface area (Å²) in [6.07, 6.45) is 1.43. The van der Waals surface area contributed by atoms with Gasteiger partial charge in [0.15, 0.2) is 0 Å². The van der Waals surface area contributed by atoms with Crippen LogP contribution in [0.2, 0.25) is 0 Å². The van der Waals surface area contributed by atoms with Gasteiger partial charge in [-0.25, -0.2) is 0 Å². The Morgan fingerprint density at radius 2 is 2.00 bits per heavy atom. The summed E-state index contributed by atoms with van der Waals surface area (Å²) in [6, 6.07) is -0.430. The predicted octanol–water partition coefficient (Wildman–Crippen LogP) is -0.657. The molecule has 3 N–H and O–H groups in total. The number of aliphatic carboxylic acids is 1. The lowest BCUT2D eigenvalue weighted by atomic mass is 10.2. The van der Waals surface area contributed by atoms with Crippen molar-refractivity contribution in [2.45, 2.75) is 25.8 Å². The summed E-state index contributed by atoms with van der Waals surface area (Å²) in [7, 11) is 0. The lowest BCUT2D eigenvalue weighted by Crippen LogP contribution is -2.45. The molecule has 0 aromatic rings. The second-order valence-electron chi connectivity index (χ2n) is 4.36. The third-order valence-corrected chi connectivity index (χ3v) is 3.02. The van der Waals surface area contributed by atoms with Crippen molar-refractivity contribution in [1.82, 2.24) is 9.80 Å². The SMILES string of the molecule is CCC(N)C(=O)N1CCCN(CC(=O)O)CC1. The van der Waals surface area contributed by atoms with Crippen LogP contribution in [0.1, 0.15) is 19.8 Å². The Morgan fingerprint density at radius 1 is 1.29 bits per heavy atom. The fraction of sp³-hybridized carbons (Fsp3) is 0.818. The van der Waals surface area contributed by atoms with E-state index in [1.165, 1.54) is 0 Å². The highest BCUT2D eigenvalue weighted by Gasteiger charge is 2.23. The first-order chi connectivity index (χ1) is 8.04. The van der Waals surface area contributed by atoms with E-state index in [0.29, 0.717) is 26.1 Å². The highest BCUT2D eigenvalue weighted by molar-refractivity contribution is 5.81. The first-order valence-electron chi connectivity index (χ1n) is 6.03. The molecule has 1 aliphatic rings. The molecule has 0 aliphatic carbocycles.